The highest BCUT2D eigenvalue weighted by molar-refractivity contribution is 6.31. The highest BCUT2D eigenvalue weighted by Crippen LogP contribution is 2.37. The summed E-state index contributed by atoms with van der Waals surface area (Å²) in [6.45, 7) is 1.52. The second-order valence-corrected chi connectivity index (χ2v) is 16.0. The van der Waals surface area contributed by atoms with E-state index in [4.69, 9.17) is 23.2 Å². The predicted molar refractivity (Wildman–Crippen MR) is 234 cm³/mol. The Morgan fingerprint density at radius 1 is 0.746 bits per heavy atom. The number of aromatic carboxylic acids is 1. The van der Waals surface area contributed by atoms with Crippen LogP contribution in [0.15, 0.2) is 116 Å². The molecule has 0 radical (unpaired) electrons. The van der Waals surface area contributed by atoms with Crippen molar-refractivity contribution in [2.24, 2.45) is 0 Å². The molecule has 4 heterocycles. The first-order valence-corrected chi connectivity index (χ1v) is 20.8. The van der Waals surface area contributed by atoms with Crippen LogP contribution in [0.3, 0.4) is 0 Å². The zero-order valence-electron chi connectivity index (χ0n) is 33.5. The molecule has 2 aliphatic rings. The van der Waals surface area contributed by atoms with Crippen molar-refractivity contribution in [2.45, 2.75) is 43.3 Å². The predicted octanol–water partition coefficient (Wildman–Crippen LogP) is 5.34. The number of nitrogens with zero attached hydrogens (tertiary/aromatic N) is 10. The number of hydrogen-bond acceptors (Lipinski definition) is 11. The molecule has 0 aliphatic carbocycles. The molecule has 3 unspecified atom stereocenters. The van der Waals surface area contributed by atoms with Crippen molar-refractivity contribution < 1.29 is 24.3 Å². The first-order chi connectivity index (χ1) is 30.6. The summed E-state index contributed by atoms with van der Waals surface area (Å²) in [6, 6.07) is 24.7. The lowest BCUT2D eigenvalue weighted by atomic mass is 9.79. The van der Waals surface area contributed by atoms with Crippen molar-refractivity contribution in [2.75, 3.05) is 25.0 Å². The Labute approximate surface area is 371 Å². The minimum absolute atomic E-state index is 0.0768. The topological polar surface area (TPSA) is 206 Å². The van der Waals surface area contributed by atoms with Gasteiger partial charge >= 0.3 is 5.97 Å². The Bertz CT molecular complexity index is 2640. The molecule has 2 fully saturated rings. The number of nitrogens with one attached hydrogen (secondary N) is 2. The van der Waals surface area contributed by atoms with E-state index in [1.165, 1.54) is 58.4 Å². The van der Waals surface area contributed by atoms with E-state index in [1.807, 2.05) is 30.3 Å². The SMILES string of the molecule is O=C(/C=C/c1cc(Cl)ccc1-n1cnnn1)NC1CCN(C2CC(c3ccccc3)C(C(=O)Nc3ccc(C(=O)O)cc3)N(C(=O)/C=C/c3cc(Cl)ccc3-n3cnnn3)C2)CC1. The zero-order valence-corrected chi connectivity index (χ0v) is 35.0. The van der Waals surface area contributed by atoms with Crippen LogP contribution in [0.25, 0.3) is 23.5 Å². The van der Waals surface area contributed by atoms with Gasteiger partial charge in [-0.2, -0.15) is 9.36 Å². The summed E-state index contributed by atoms with van der Waals surface area (Å²) in [6.07, 6.45) is 11.0. The van der Waals surface area contributed by atoms with Gasteiger partial charge in [0.2, 0.25) is 17.7 Å². The average Bonchev–Trinajstić information content (AvgIpc) is 4.04. The summed E-state index contributed by atoms with van der Waals surface area (Å²) >= 11 is 12.7. The van der Waals surface area contributed by atoms with E-state index < -0.39 is 29.7 Å². The van der Waals surface area contributed by atoms with Gasteiger partial charge < -0.3 is 20.6 Å². The molecule has 3 N–H and O–H groups in total. The molecule has 0 saturated carbocycles. The van der Waals surface area contributed by atoms with E-state index in [0.29, 0.717) is 70.6 Å². The molecule has 2 saturated heterocycles. The Kier molecular flexibility index (Phi) is 13.1. The number of carbonyl (C=O) groups is 4. The van der Waals surface area contributed by atoms with Crippen LogP contribution in [0.2, 0.25) is 10.0 Å². The van der Waals surface area contributed by atoms with Crippen LogP contribution in [0.1, 0.15) is 52.2 Å². The number of likely N-dealkylation sites (tertiary alicyclic amines) is 2. The average molecular weight is 888 g/mol. The number of amides is 3. The second kappa shape index (κ2) is 19.3. The maximum atomic E-state index is 14.6. The lowest BCUT2D eigenvalue weighted by Gasteiger charge is -2.48. The van der Waals surface area contributed by atoms with Crippen LogP contribution < -0.4 is 10.6 Å². The second-order valence-electron chi connectivity index (χ2n) is 15.1. The van der Waals surface area contributed by atoms with Crippen LogP contribution in [0.4, 0.5) is 5.69 Å². The monoisotopic (exact) mass is 886 g/mol. The van der Waals surface area contributed by atoms with Crippen molar-refractivity contribution >= 4 is 64.7 Å². The fourth-order valence-electron chi connectivity index (χ4n) is 8.16. The molecule has 0 bridgehead atoms. The number of carbonyl (C=O) groups excluding carboxylic acids is 3. The number of hydrogen-bond donors (Lipinski definition) is 3. The first-order valence-electron chi connectivity index (χ1n) is 20.1. The minimum Gasteiger partial charge on any atom is -0.478 e. The van der Waals surface area contributed by atoms with Crippen molar-refractivity contribution in [1.29, 1.82) is 0 Å². The molecular weight excluding hydrogens is 847 g/mol. The van der Waals surface area contributed by atoms with Gasteiger partial charge in [-0.25, -0.2) is 4.79 Å². The maximum Gasteiger partial charge on any atom is 0.335 e. The third kappa shape index (κ3) is 10.2. The molecule has 8 rings (SSSR count). The van der Waals surface area contributed by atoms with Gasteiger partial charge in [-0.15, -0.1) is 10.2 Å². The van der Waals surface area contributed by atoms with Gasteiger partial charge in [-0.1, -0.05) is 53.5 Å². The van der Waals surface area contributed by atoms with Crippen LogP contribution in [0, 0.1) is 0 Å². The highest BCUT2D eigenvalue weighted by atomic mass is 35.5. The number of anilines is 1. The minimum atomic E-state index is -1.09. The van der Waals surface area contributed by atoms with Gasteiger partial charge in [0.05, 0.1) is 16.9 Å². The van der Waals surface area contributed by atoms with Crippen LogP contribution in [-0.2, 0) is 14.4 Å². The van der Waals surface area contributed by atoms with Gasteiger partial charge in [0.1, 0.15) is 18.7 Å². The molecule has 63 heavy (non-hydrogen) atoms. The molecule has 0 spiro atoms. The van der Waals surface area contributed by atoms with Crippen molar-refractivity contribution in [1.82, 2.24) is 55.5 Å². The van der Waals surface area contributed by atoms with Crippen molar-refractivity contribution in [3.8, 4) is 11.4 Å². The molecule has 4 aromatic carbocycles. The molecule has 3 amide bonds. The van der Waals surface area contributed by atoms with Crippen LogP contribution >= 0.6 is 23.2 Å². The van der Waals surface area contributed by atoms with E-state index in [2.05, 4.69) is 46.6 Å². The summed E-state index contributed by atoms with van der Waals surface area (Å²) in [7, 11) is 0. The van der Waals surface area contributed by atoms with Gasteiger partial charge in [-0.05, 0) is 118 Å². The molecular formula is C44H40Cl2N12O5. The summed E-state index contributed by atoms with van der Waals surface area (Å²) < 4.78 is 2.96. The maximum absolute atomic E-state index is 14.6. The van der Waals surface area contributed by atoms with Crippen LogP contribution in [-0.4, -0.2) is 117 Å². The van der Waals surface area contributed by atoms with E-state index in [-0.39, 0.29) is 30.1 Å². The smallest absolute Gasteiger partial charge is 0.335 e. The Balaban J connectivity index is 1.03. The summed E-state index contributed by atoms with van der Waals surface area (Å²) in [5.74, 6) is -2.58. The molecule has 19 heteroatoms. The number of benzene rings is 4. The van der Waals surface area contributed by atoms with E-state index in [0.717, 1.165) is 5.56 Å². The molecule has 3 atom stereocenters. The van der Waals surface area contributed by atoms with Gasteiger partial charge in [0, 0.05) is 76.6 Å². The van der Waals surface area contributed by atoms with Gasteiger partial charge in [0.15, 0.2) is 0 Å². The van der Waals surface area contributed by atoms with E-state index in [1.54, 1.807) is 53.5 Å². The van der Waals surface area contributed by atoms with E-state index in [9.17, 15) is 24.3 Å². The van der Waals surface area contributed by atoms with Crippen molar-refractivity contribution in [3.63, 3.8) is 0 Å². The summed E-state index contributed by atoms with van der Waals surface area (Å²) in [5, 5.41) is 39.3. The lowest BCUT2D eigenvalue weighted by molar-refractivity contribution is -0.139. The number of tetrazole rings is 2. The third-order valence-electron chi connectivity index (χ3n) is 11.2. The fraction of sp³-hybridized carbons (Fsp3) is 0.227. The van der Waals surface area contributed by atoms with E-state index >= 15 is 0 Å². The van der Waals surface area contributed by atoms with Crippen LogP contribution in [0.5, 0.6) is 0 Å². The Morgan fingerprint density at radius 2 is 1.35 bits per heavy atom. The largest absolute Gasteiger partial charge is 0.478 e. The third-order valence-corrected chi connectivity index (χ3v) is 11.7. The van der Waals surface area contributed by atoms with Gasteiger partial charge in [0.25, 0.3) is 0 Å². The standard InChI is InChI=1S/C44H40Cl2N12O5/c45-32-10-14-38(57-26-47-51-53-57)30(22-32)8-16-40(59)49-35-18-20-55(21-19-35)36-24-37(28-4-2-1-3-5-28)42(43(61)50-34-12-6-29(7-13-34)44(62)63)56(25-36)41(60)17-9-31-23-33(46)11-15-39(31)58-27-48-52-54-58/h1-17,22-23,26-27,35-37,42H,18-21,24-25H2,(H,49,59)(H,50,61)(H,62,63)/b16-8+,17-9+. The zero-order chi connectivity index (χ0) is 43.9. The number of carboxylic acid groups (broad SMARTS) is 1. The number of piperidine rings is 2. The molecule has 320 valence electrons. The van der Waals surface area contributed by atoms with Crippen molar-refractivity contribution in [3.05, 3.63) is 148 Å². The number of halogens is 2. The Hall–Kier alpha value is -7.08. The quantitative estimate of drug-likeness (QED) is 0.133. The fourth-order valence-corrected chi connectivity index (χ4v) is 8.52. The lowest BCUT2D eigenvalue weighted by Crippen LogP contribution is -2.61. The molecule has 2 aliphatic heterocycles. The number of aromatic nitrogens is 8. The number of carboxylic acids is 1. The first kappa shape index (κ1) is 42.6. The Morgan fingerprint density at radius 3 is 1.92 bits per heavy atom. The number of rotatable bonds is 12. The highest BCUT2D eigenvalue weighted by Gasteiger charge is 2.45. The summed E-state index contributed by atoms with van der Waals surface area (Å²) in [4.78, 5) is 57.8. The normalized spacial score (nSPS) is 18.4. The molecule has 17 nitrogen and oxygen atoms in total. The van der Waals surface area contributed by atoms with Gasteiger partial charge in [-0.3, -0.25) is 19.3 Å². The summed E-state index contributed by atoms with van der Waals surface area (Å²) in [5.41, 5.74) is 3.87. The molecule has 6 aromatic rings. The molecule has 2 aromatic heterocycles.